The first kappa shape index (κ1) is 40.5. The number of carboxylic acids is 2. The van der Waals surface area contributed by atoms with Gasteiger partial charge in [-0.2, -0.15) is 0 Å². The first-order valence-corrected chi connectivity index (χ1v) is 13.8. The zero-order chi connectivity index (χ0) is 34.0. The Morgan fingerprint density at radius 2 is 0.915 bits per heavy atom. The molecule has 16 nitrogen and oxygen atoms in total. The SMILES string of the molecule is O=C([O-])/C=C\c1ccc(O[C@@H]2O[C@H](CO)[C@@H](O)[C@H](O)[C@H]2O)cc1.O=C([O-])/C=C\c1ccc(O[C@@H]2O[C@H](CO)[C@@H](O)[C@H](O)[C@H]2O)cc1.[Ca+2]. The van der Waals surface area contributed by atoms with Crippen LogP contribution in [-0.2, 0) is 19.1 Å². The normalized spacial score (nSPS) is 30.6. The van der Waals surface area contributed by atoms with E-state index < -0.39 is 86.6 Å². The monoisotopic (exact) mass is 690 g/mol. The quantitative estimate of drug-likeness (QED) is 0.0855. The van der Waals surface area contributed by atoms with E-state index in [1.54, 1.807) is 24.3 Å². The number of rotatable bonds is 10. The fourth-order valence-corrected chi connectivity index (χ4v) is 4.24. The minimum absolute atomic E-state index is 0. The smallest absolute Gasteiger partial charge is 0.545 e. The first-order valence-electron chi connectivity index (χ1n) is 13.8. The van der Waals surface area contributed by atoms with Crippen LogP contribution in [0.25, 0.3) is 12.2 Å². The number of carboxylic acid groups (broad SMARTS) is 2. The van der Waals surface area contributed by atoms with Crippen LogP contribution in [0.15, 0.2) is 60.7 Å². The molecule has 0 unspecified atom stereocenters. The Labute approximate surface area is 298 Å². The summed E-state index contributed by atoms with van der Waals surface area (Å²) in [5, 5.41) is 97.2. The van der Waals surface area contributed by atoms with Gasteiger partial charge in [-0.25, -0.2) is 0 Å². The summed E-state index contributed by atoms with van der Waals surface area (Å²) in [6, 6.07) is 12.3. The second-order valence-electron chi connectivity index (χ2n) is 10.1. The van der Waals surface area contributed by atoms with Crippen molar-refractivity contribution in [1.82, 2.24) is 0 Å². The molecule has 17 heteroatoms. The van der Waals surface area contributed by atoms with E-state index in [4.69, 9.17) is 29.2 Å². The van der Waals surface area contributed by atoms with Crippen molar-refractivity contribution in [1.29, 1.82) is 0 Å². The molecular weight excluding hydrogens is 656 g/mol. The van der Waals surface area contributed by atoms with Crippen molar-refractivity contribution >= 4 is 61.8 Å². The maximum Gasteiger partial charge on any atom is 2.00 e. The van der Waals surface area contributed by atoms with Crippen LogP contribution in [0.4, 0.5) is 0 Å². The van der Waals surface area contributed by atoms with E-state index in [0.29, 0.717) is 22.6 Å². The number of ether oxygens (including phenoxy) is 4. The van der Waals surface area contributed by atoms with Crippen molar-refractivity contribution in [3.8, 4) is 11.5 Å². The van der Waals surface area contributed by atoms with Gasteiger partial charge in [0.2, 0.25) is 12.6 Å². The average molecular weight is 691 g/mol. The molecular formula is C30H34CaO16. The molecule has 2 heterocycles. The van der Waals surface area contributed by atoms with Gasteiger partial charge >= 0.3 is 37.7 Å². The Balaban J connectivity index is 0.000000320. The third-order valence-electron chi connectivity index (χ3n) is 6.79. The van der Waals surface area contributed by atoms with Crippen molar-refractivity contribution in [3.63, 3.8) is 0 Å². The van der Waals surface area contributed by atoms with Crippen LogP contribution in [0.5, 0.6) is 11.5 Å². The molecule has 8 N–H and O–H groups in total. The molecule has 2 aromatic rings. The van der Waals surface area contributed by atoms with E-state index >= 15 is 0 Å². The predicted molar refractivity (Wildman–Crippen MR) is 156 cm³/mol. The fraction of sp³-hybridized carbons (Fsp3) is 0.400. The molecule has 0 amide bonds. The number of carbonyl (C=O) groups excluding carboxylic acids is 2. The van der Waals surface area contributed by atoms with E-state index in [0.717, 1.165) is 12.2 Å². The van der Waals surface area contributed by atoms with Crippen molar-refractivity contribution in [3.05, 3.63) is 71.8 Å². The molecule has 4 rings (SSSR count). The number of hydrogen-bond acceptors (Lipinski definition) is 16. The number of aliphatic hydroxyl groups is 8. The Kier molecular flexibility index (Phi) is 16.7. The molecule has 0 aromatic heterocycles. The molecule has 2 aliphatic heterocycles. The van der Waals surface area contributed by atoms with Gasteiger partial charge in [0.1, 0.15) is 60.3 Å². The summed E-state index contributed by atoms with van der Waals surface area (Å²) in [5.74, 6) is -2.04. The topological polar surface area (TPSA) is 279 Å². The number of hydrogen-bond donors (Lipinski definition) is 8. The van der Waals surface area contributed by atoms with Crippen LogP contribution in [0.1, 0.15) is 11.1 Å². The number of aliphatic carboxylic acids is 2. The summed E-state index contributed by atoms with van der Waals surface area (Å²) in [7, 11) is 0. The largest absolute Gasteiger partial charge is 2.00 e. The zero-order valence-corrected chi connectivity index (χ0v) is 26.9. The molecule has 2 saturated heterocycles. The fourth-order valence-electron chi connectivity index (χ4n) is 4.24. The molecule has 0 aliphatic carbocycles. The van der Waals surface area contributed by atoms with Gasteiger partial charge in [0.05, 0.1) is 25.2 Å². The molecule has 2 aromatic carbocycles. The van der Waals surface area contributed by atoms with E-state index in [-0.39, 0.29) is 37.7 Å². The van der Waals surface area contributed by atoms with Crippen molar-refractivity contribution < 1.29 is 79.6 Å². The van der Waals surface area contributed by atoms with Gasteiger partial charge in [-0.1, -0.05) is 36.4 Å². The summed E-state index contributed by atoms with van der Waals surface area (Å²) in [4.78, 5) is 20.6. The Morgan fingerprint density at radius 3 is 1.19 bits per heavy atom. The van der Waals surface area contributed by atoms with Crippen LogP contribution in [-0.4, -0.2) is 165 Å². The zero-order valence-electron chi connectivity index (χ0n) is 24.7. The predicted octanol–water partition coefficient (Wildman–Crippen LogP) is -5.12. The Bertz CT molecular complexity index is 1210. The maximum absolute atomic E-state index is 10.3. The van der Waals surface area contributed by atoms with Crippen molar-refractivity contribution in [2.75, 3.05) is 13.2 Å². The van der Waals surface area contributed by atoms with Gasteiger partial charge in [0.25, 0.3) is 0 Å². The van der Waals surface area contributed by atoms with Gasteiger partial charge in [-0.05, 0) is 47.5 Å². The molecule has 0 radical (unpaired) electrons. The standard InChI is InChI=1S/2C15H18O8.Ca/c2*16-7-10-12(19)13(20)14(21)15(23-10)22-9-4-1-8(2-5-9)3-6-11(17)18;/h2*1-6,10,12-16,19-21H,7H2,(H,17,18);/q;;+2/p-2/b2*6-3-;/t2*10-,12-,13+,14-,15-;/m11./s1. The molecule has 0 spiro atoms. The van der Waals surface area contributed by atoms with Crippen LogP contribution in [0.3, 0.4) is 0 Å². The van der Waals surface area contributed by atoms with Crippen LogP contribution < -0.4 is 19.7 Å². The third kappa shape index (κ3) is 11.8. The second kappa shape index (κ2) is 19.4. The Hall–Kier alpha value is -2.68. The third-order valence-corrected chi connectivity index (χ3v) is 6.79. The minimum atomic E-state index is -1.52. The minimum Gasteiger partial charge on any atom is -0.545 e. The molecule has 2 aliphatic rings. The Morgan fingerprint density at radius 1 is 0.596 bits per heavy atom. The van der Waals surface area contributed by atoms with Crippen molar-refractivity contribution in [2.24, 2.45) is 0 Å². The van der Waals surface area contributed by atoms with Gasteiger partial charge in [-0.15, -0.1) is 0 Å². The van der Waals surface area contributed by atoms with Crippen molar-refractivity contribution in [2.45, 2.75) is 61.4 Å². The average Bonchev–Trinajstić information content (AvgIpc) is 3.04. The summed E-state index contributed by atoms with van der Waals surface area (Å²) in [6.45, 7) is -1.09. The van der Waals surface area contributed by atoms with Crippen LogP contribution in [0.2, 0.25) is 0 Å². The molecule has 252 valence electrons. The maximum atomic E-state index is 10.3. The number of carbonyl (C=O) groups is 2. The number of aliphatic hydroxyl groups excluding tert-OH is 8. The van der Waals surface area contributed by atoms with E-state index in [9.17, 15) is 50.4 Å². The van der Waals surface area contributed by atoms with Gasteiger partial charge in [0.15, 0.2) is 0 Å². The van der Waals surface area contributed by atoms with Gasteiger partial charge in [-0.3, -0.25) is 0 Å². The van der Waals surface area contributed by atoms with E-state index in [2.05, 4.69) is 0 Å². The van der Waals surface area contributed by atoms with E-state index in [1.165, 1.54) is 36.4 Å². The second-order valence-corrected chi connectivity index (χ2v) is 10.1. The van der Waals surface area contributed by atoms with E-state index in [1.807, 2.05) is 0 Å². The summed E-state index contributed by atoms with van der Waals surface area (Å²) >= 11 is 0. The van der Waals surface area contributed by atoms with Crippen LogP contribution in [0, 0.1) is 0 Å². The summed E-state index contributed by atoms with van der Waals surface area (Å²) < 4.78 is 21.2. The molecule has 0 bridgehead atoms. The molecule has 10 atom stereocenters. The first-order chi connectivity index (χ1) is 21.8. The van der Waals surface area contributed by atoms with Gasteiger partial charge < -0.3 is 79.6 Å². The summed E-state index contributed by atoms with van der Waals surface area (Å²) in [5.41, 5.74) is 1.19. The van der Waals surface area contributed by atoms with Crippen LogP contribution >= 0.6 is 0 Å². The number of benzene rings is 2. The summed E-state index contributed by atoms with van der Waals surface area (Å²) in [6.07, 6.45) is -9.12. The molecule has 0 saturated carbocycles. The molecule has 47 heavy (non-hydrogen) atoms. The van der Waals surface area contributed by atoms with Gasteiger partial charge in [0, 0.05) is 0 Å². The molecule has 2 fully saturated rings.